The van der Waals surface area contributed by atoms with Crippen LogP contribution in [0.2, 0.25) is 5.02 Å². The molecular formula is C18H15ClN2O2S. The van der Waals surface area contributed by atoms with Crippen LogP contribution in [-0.2, 0) is 6.42 Å². The van der Waals surface area contributed by atoms with Crippen molar-refractivity contribution in [2.24, 2.45) is 0 Å². The maximum atomic E-state index is 11.1. The van der Waals surface area contributed by atoms with Crippen LogP contribution in [0, 0.1) is 0 Å². The molecule has 0 aliphatic carbocycles. The van der Waals surface area contributed by atoms with Crippen molar-refractivity contribution < 1.29 is 9.90 Å². The van der Waals surface area contributed by atoms with E-state index in [1.54, 1.807) is 29.5 Å². The van der Waals surface area contributed by atoms with Gasteiger partial charge in [-0.05, 0) is 36.8 Å². The fourth-order valence-corrected chi connectivity index (χ4v) is 3.40. The van der Waals surface area contributed by atoms with Gasteiger partial charge in [-0.3, -0.25) is 0 Å². The van der Waals surface area contributed by atoms with E-state index in [2.05, 4.69) is 17.2 Å². The van der Waals surface area contributed by atoms with E-state index >= 15 is 0 Å². The van der Waals surface area contributed by atoms with Crippen LogP contribution in [0.25, 0.3) is 11.3 Å². The third-order valence-electron chi connectivity index (χ3n) is 3.50. The molecule has 0 fully saturated rings. The molecule has 4 nitrogen and oxygen atoms in total. The van der Waals surface area contributed by atoms with Crippen LogP contribution in [0.15, 0.2) is 48.5 Å². The number of aromatic nitrogens is 1. The lowest BCUT2D eigenvalue weighted by Crippen LogP contribution is -1.97. The number of nitrogens with one attached hydrogen (secondary N) is 1. The summed E-state index contributed by atoms with van der Waals surface area (Å²) >= 11 is 7.51. The second-order valence-electron chi connectivity index (χ2n) is 5.16. The molecule has 0 spiro atoms. The molecule has 1 aromatic heterocycles. The van der Waals surface area contributed by atoms with Gasteiger partial charge in [-0.15, -0.1) is 11.3 Å². The zero-order valence-corrected chi connectivity index (χ0v) is 14.5. The average molecular weight is 359 g/mol. The number of benzene rings is 2. The molecule has 0 saturated heterocycles. The number of halogens is 1. The molecule has 0 atom stereocenters. The Morgan fingerprint density at radius 1 is 1.25 bits per heavy atom. The van der Waals surface area contributed by atoms with Crippen molar-refractivity contribution in [1.82, 2.24) is 4.98 Å². The van der Waals surface area contributed by atoms with E-state index in [0.29, 0.717) is 10.7 Å². The number of carbonyl (C=O) groups is 1. The first-order valence-electron chi connectivity index (χ1n) is 7.43. The quantitative estimate of drug-likeness (QED) is 0.635. The minimum atomic E-state index is -0.950. The second-order valence-corrected chi connectivity index (χ2v) is 6.68. The Bertz CT molecular complexity index is 875. The lowest BCUT2D eigenvalue weighted by atomic mass is 10.1. The van der Waals surface area contributed by atoms with Gasteiger partial charge >= 0.3 is 5.97 Å². The van der Waals surface area contributed by atoms with Gasteiger partial charge in [0.05, 0.1) is 11.3 Å². The molecule has 0 amide bonds. The number of thiazole rings is 1. The van der Waals surface area contributed by atoms with Crippen molar-refractivity contribution in [2.45, 2.75) is 13.3 Å². The van der Waals surface area contributed by atoms with Crippen LogP contribution in [0.5, 0.6) is 0 Å². The highest BCUT2D eigenvalue weighted by Gasteiger charge is 2.12. The Kier molecular flexibility index (Phi) is 4.83. The van der Waals surface area contributed by atoms with Gasteiger partial charge in [0.2, 0.25) is 0 Å². The Hall–Kier alpha value is -2.37. The van der Waals surface area contributed by atoms with Crippen molar-refractivity contribution in [3.63, 3.8) is 0 Å². The summed E-state index contributed by atoms with van der Waals surface area (Å²) in [5.74, 6) is -0.950. The molecule has 0 saturated carbocycles. The Morgan fingerprint density at radius 2 is 2.00 bits per heavy atom. The molecule has 1 heterocycles. The molecule has 0 radical (unpaired) electrons. The molecule has 122 valence electrons. The summed E-state index contributed by atoms with van der Waals surface area (Å²) in [6.45, 7) is 2.09. The fraction of sp³-hybridized carbons (Fsp3) is 0.111. The third kappa shape index (κ3) is 3.58. The average Bonchev–Trinajstić information content (AvgIpc) is 2.98. The molecule has 0 bridgehead atoms. The Balaban J connectivity index is 1.91. The van der Waals surface area contributed by atoms with Gasteiger partial charge in [0, 0.05) is 21.2 Å². The van der Waals surface area contributed by atoms with Crippen LogP contribution in [0.1, 0.15) is 22.2 Å². The van der Waals surface area contributed by atoms with Gasteiger partial charge < -0.3 is 10.4 Å². The van der Waals surface area contributed by atoms with Crippen molar-refractivity contribution in [2.75, 3.05) is 5.32 Å². The van der Waals surface area contributed by atoms with Crippen LogP contribution in [0.3, 0.4) is 0 Å². The number of nitrogens with zero attached hydrogens (tertiary/aromatic N) is 1. The van der Waals surface area contributed by atoms with Gasteiger partial charge in [-0.25, -0.2) is 9.78 Å². The first-order chi connectivity index (χ1) is 11.6. The predicted octanol–water partition coefficient (Wildman–Crippen LogP) is 5.47. The zero-order chi connectivity index (χ0) is 17.1. The normalized spacial score (nSPS) is 10.6. The van der Waals surface area contributed by atoms with Crippen molar-refractivity contribution in [3.05, 3.63) is 64.0 Å². The van der Waals surface area contributed by atoms with Gasteiger partial charge in [0.1, 0.15) is 0 Å². The Morgan fingerprint density at radius 3 is 2.67 bits per heavy atom. The summed E-state index contributed by atoms with van der Waals surface area (Å²) in [5.41, 5.74) is 2.88. The molecule has 0 aliphatic rings. The van der Waals surface area contributed by atoms with Gasteiger partial charge in [0.25, 0.3) is 0 Å². The van der Waals surface area contributed by atoms with E-state index in [1.165, 1.54) is 0 Å². The van der Waals surface area contributed by atoms with E-state index in [4.69, 9.17) is 16.7 Å². The molecule has 2 N–H and O–H groups in total. The van der Waals surface area contributed by atoms with E-state index in [9.17, 15) is 4.79 Å². The highest BCUT2D eigenvalue weighted by molar-refractivity contribution is 7.16. The largest absolute Gasteiger partial charge is 0.478 e. The fourth-order valence-electron chi connectivity index (χ4n) is 2.33. The lowest BCUT2D eigenvalue weighted by Gasteiger charge is -2.03. The zero-order valence-electron chi connectivity index (χ0n) is 12.9. The number of aromatic carboxylic acids is 1. The second kappa shape index (κ2) is 7.03. The topological polar surface area (TPSA) is 62.2 Å². The van der Waals surface area contributed by atoms with E-state index in [-0.39, 0.29) is 5.56 Å². The molecule has 0 aliphatic heterocycles. The minimum absolute atomic E-state index is 0.241. The van der Waals surface area contributed by atoms with Gasteiger partial charge in [0.15, 0.2) is 5.13 Å². The molecule has 24 heavy (non-hydrogen) atoms. The first-order valence-corrected chi connectivity index (χ1v) is 8.62. The summed E-state index contributed by atoms with van der Waals surface area (Å²) in [6, 6.07) is 14.3. The molecule has 3 aromatic rings. The summed E-state index contributed by atoms with van der Waals surface area (Å²) in [5, 5.41) is 13.7. The summed E-state index contributed by atoms with van der Waals surface area (Å²) in [6.07, 6.45) is 0.868. The smallest absolute Gasteiger partial charge is 0.335 e. The van der Waals surface area contributed by atoms with Gasteiger partial charge in [-0.1, -0.05) is 36.7 Å². The highest BCUT2D eigenvalue weighted by atomic mass is 35.5. The van der Waals surface area contributed by atoms with E-state index in [1.807, 2.05) is 30.3 Å². The third-order valence-corrected chi connectivity index (χ3v) is 4.86. The SMILES string of the molecule is CCc1sc(Nc2cccc(C(=O)O)c2)nc1-c1ccc(Cl)cc1. The maximum Gasteiger partial charge on any atom is 0.335 e. The van der Waals surface area contributed by atoms with E-state index in [0.717, 1.165) is 27.7 Å². The Labute approximate surface area is 148 Å². The van der Waals surface area contributed by atoms with E-state index < -0.39 is 5.97 Å². The first kappa shape index (κ1) is 16.5. The number of carboxylic acid groups (broad SMARTS) is 1. The number of carboxylic acids is 1. The highest BCUT2D eigenvalue weighted by Crippen LogP contribution is 2.33. The molecule has 6 heteroatoms. The minimum Gasteiger partial charge on any atom is -0.478 e. The maximum absolute atomic E-state index is 11.1. The summed E-state index contributed by atoms with van der Waals surface area (Å²) < 4.78 is 0. The molecule has 3 rings (SSSR count). The van der Waals surface area contributed by atoms with Crippen LogP contribution in [-0.4, -0.2) is 16.1 Å². The number of anilines is 2. The number of rotatable bonds is 5. The van der Waals surface area contributed by atoms with Crippen molar-refractivity contribution >= 4 is 39.7 Å². The monoisotopic (exact) mass is 358 g/mol. The summed E-state index contributed by atoms with van der Waals surface area (Å²) in [7, 11) is 0. The molecule has 2 aromatic carbocycles. The standard InChI is InChI=1S/C18H15ClN2O2S/c1-2-15-16(11-6-8-13(19)9-7-11)21-18(24-15)20-14-5-3-4-12(10-14)17(22)23/h3-10H,2H2,1H3,(H,20,21)(H,22,23). The number of aryl methyl sites for hydroxylation is 1. The predicted molar refractivity (Wildman–Crippen MR) is 98.6 cm³/mol. The number of hydrogen-bond donors (Lipinski definition) is 2. The van der Waals surface area contributed by atoms with Crippen LogP contribution < -0.4 is 5.32 Å². The molecular weight excluding hydrogens is 344 g/mol. The summed E-state index contributed by atoms with van der Waals surface area (Å²) in [4.78, 5) is 16.9. The van der Waals surface area contributed by atoms with Crippen LogP contribution >= 0.6 is 22.9 Å². The van der Waals surface area contributed by atoms with Crippen molar-refractivity contribution in [3.8, 4) is 11.3 Å². The molecule has 0 unspecified atom stereocenters. The number of hydrogen-bond acceptors (Lipinski definition) is 4. The van der Waals surface area contributed by atoms with Crippen LogP contribution in [0.4, 0.5) is 10.8 Å². The van der Waals surface area contributed by atoms with Gasteiger partial charge in [-0.2, -0.15) is 0 Å². The lowest BCUT2D eigenvalue weighted by molar-refractivity contribution is 0.0697. The van der Waals surface area contributed by atoms with Crippen molar-refractivity contribution in [1.29, 1.82) is 0 Å².